The molecule has 9 heteroatoms. The number of hydrogen-bond donors (Lipinski definition) is 1. The number of nitrogens with one attached hydrogen (secondary N) is 1. The second kappa shape index (κ2) is 11.3. The minimum absolute atomic E-state index is 0.0617. The molecule has 0 amide bonds. The zero-order valence-electron chi connectivity index (χ0n) is 22.1. The van der Waals surface area contributed by atoms with E-state index in [1.807, 2.05) is 41.9 Å². The van der Waals surface area contributed by atoms with Crippen molar-refractivity contribution >= 4 is 22.2 Å². The second-order valence-electron chi connectivity index (χ2n) is 9.62. The van der Waals surface area contributed by atoms with Crippen LogP contribution in [0.1, 0.15) is 52.3 Å². The SMILES string of the molecule is CC[C@H](c1nnnn1Cc1ccc(OC)cc1)N(Cc1cccs1)Cc1cc2cc(C)cc(C)c2[nH]c1=O. The van der Waals surface area contributed by atoms with E-state index in [1.165, 1.54) is 10.4 Å². The highest BCUT2D eigenvalue weighted by molar-refractivity contribution is 7.09. The Hall–Kier alpha value is -3.82. The highest BCUT2D eigenvalue weighted by Crippen LogP contribution is 2.28. The predicted molar refractivity (Wildman–Crippen MR) is 151 cm³/mol. The van der Waals surface area contributed by atoms with Gasteiger partial charge in [-0.25, -0.2) is 4.68 Å². The minimum Gasteiger partial charge on any atom is -0.497 e. The van der Waals surface area contributed by atoms with E-state index in [0.717, 1.165) is 45.6 Å². The van der Waals surface area contributed by atoms with E-state index in [-0.39, 0.29) is 11.6 Å². The monoisotopic (exact) mass is 528 g/mol. The van der Waals surface area contributed by atoms with Gasteiger partial charge in [0.2, 0.25) is 0 Å². The molecule has 1 N–H and O–H groups in total. The smallest absolute Gasteiger partial charge is 0.252 e. The highest BCUT2D eigenvalue weighted by atomic mass is 32.1. The molecular formula is C29H32N6O2S. The standard InChI is InChI=1S/C29H32N6O2S/c1-5-26(28-31-32-33-35(28)16-21-8-10-24(37-4)11-9-21)34(18-25-7-6-12-38-25)17-23-15-22-14-19(2)13-20(3)27(22)30-29(23)36/h6-15,26H,5,16-18H2,1-4H3,(H,30,36)/t26-/m1/s1. The Kier molecular flexibility index (Phi) is 7.67. The van der Waals surface area contributed by atoms with E-state index in [2.05, 4.69) is 68.9 Å². The third kappa shape index (κ3) is 5.54. The molecule has 196 valence electrons. The van der Waals surface area contributed by atoms with Crippen molar-refractivity contribution in [1.29, 1.82) is 0 Å². The van der Waals surface area contributed by atoms with Gasteiger partial charge < -0.3 is 9.72 Å². The van der Waals surface area contributed by atoms with Crippen LogP contribution in [-0.4, -0.2) is 37.2 Å². The van der Waals surface area contributed by atoms with Crippen LogP contribution in [-0.2, 0) is 19.6 Å². The number of hydrogen-bond acceptors (Lipinski definition) is 7. The van der Waals surface area contributed by atoms with E-state index in [1.54, 1.807) is 18.4 Å². The van der Waals surface area contributed by atoms with Gasteiger partial charge in [-0.2, -0.15) is 0 Å². The Morgan fingerprint density at radius 1 is 1.11 bits per heavy atom. The number of rotatable bonds is 10. The summed E-state index contributed by atoms with van der Waals surface area (Å²) < 4.78 is 7.15. The van der Waals surface area contributed by atoms with Gasteiger partial charge in [0.15, 0.2) is 5.82 Å². The molecule has 0 spiro atoms. The lowest BCUT2D eigenvalue weighted by Gasteiger charge is -2.30. The molecule has 0 saturated carbocycles. The van der Waals surface area contributed by atoms with Crippen molar-refractivity contribution in [3.05, 3.63) is 103 Å². The molecule has 8 nitrogen and oxygen atoms in total. The molecule has 3 aromatic heterocycles. The molecule has 0 unspecified atom stereocenters. The number of tetrazole rings is 1. The summed E-state index contributed by atoms with van der Waals surface area (Å²) >= 11 is 1.71. The number of H-pyrrole nitrogens is 1. The summed E-state index contributed by atoms with van der Waals surface area (Å²) in [5, 5.41) is 15.9. The van der Waals surface area contributed by atoms with E-state index >= 15 is 0 Å². The fourth-order valence-corrected chi connectivity index (χ4v) is 5.75. The van der Waals surface area contributed by atoms with Gasteiger partial charge in [0.1, 0.15) is 5.75 Å². The Morgan fingerprint density at radius 2 is 1.92 bits per heavy atom. The van der Waals surface area contributed by atoms with Crippen molar-refractivity contribution in [3.63, 3.8) is 0 Å². The number of nitrogens with zero attached hydrogens (tertiary/aromatic N) is 5. The molecule has 0 aliphatic rings. The first kappa shape index (κ1) is 25.8. The van der Waals surface area contributed by atoms with Gasteiger partial charge in [0.05, 0.1) is 25.2 Å². The normalized spacial score (nSPS) is 12.3. The molecule has 5 rings (SSSR count). The van der Waals surface area contributed by atoms with Crippen LogP contribution in [0.5, 0.6) is 5.75 Å². The molecule has 3 heterocycles. The number of aryl methyl sites for hydroxylation is 2. The van der Waals surface area contributed by atoms with Crippen molar-refractivity contribution in [1.82, 2.24) is 30.1 Å². The summed E-state index contributed by atoms with van der Waals surface area (Å²) in [5.74, 6) is 1.59. The average Bonchev–Trinajstić information content (AvgIpc) is 3.58. The Balaban J connectivity index is 1.50. The van der Waals surface area contributed by atoms with Crippen LogP contribution in [0.2, 0.25) is 0 Å². The van der Waals surface area contributed by atoms with E-state index in [9.17, 15) is 4.79 Å². The molecule has 0 aliphatic carbocycles. The van der Waals surface area contributed by atoms with Crippen LogP contribution in [0.15, 0.2) is 64.8 Å². The molecule has 38 heavy (non-hydrogen) atoms. The zero-order valence-corrected chi connectivity index (χ0v) is 23.0. The van der Waals surface area contributed by atoms with Crippen molar-refractivity contribution < 1.29 is 4.74 Å². The van der Waals surface area contributed by atoms with Crippen molar-refractivity contribution in [2.24, 2.45) is 0 Å². The molecule has 0 fully saturated rings. The summed E-state index contributed by atoms with van der Waals surface area (Å²) in [6.07, 6.45) is 0.790. The maximum Gasteiger partial charge on any atom is 0.252 e. The van der Waals surface area contributed by atoms with Crippen molar-refractivity contribution in [2.75, 3.05) is 7.11 Å². The van der Waals surface area contributed by atoms with Gasteiger partial charge in [0.25, 0.3) is 5.56 Å². The Labute approximate surface area is 225 Å². The molecule has 2 aromatic carbocycles. The number of methoxy groups -OCH3 is 1. The van der Waals surface area contributed by atoms with Gasteiger partial charge in [-0.1, -0.05) is 36.8 Å². The topological polar surface area (TPSA) is 88.9 Å². The molecule has 5 aromatic rings. The number of thiophene rings is 1. The molecule has 0 bridgehead atoms. The maximum atomic E-state index is 13.2. The molecule has 0 radical (unpaired) electrons. The minimum atomic E-state index is -0.0836. The van der Waals surface area contributed by atoms with E-state index in [0.29, 0.717) is 19.6 Å². The van der Waals surface area contributed by atoms with Gasteiger partial charge in [-0.3, -0.25) is 9.69 Å². The number of ether oxygens (including phenoxy) is 1. The molecule has 1 atom stereocenters. The van der Waals surface area contributed by atoms with Crippen molar-refractivity contribution in [3.8, 4) is 5.75 Å². The van der Waals surface area contributed by atoms with Crippen LogP contribution in [0.4, 0.5) is 0 Å². The Bertz CT molecular complexity index is 1570. The third-order valence-electron chi connectivity index (χ3n) is 6.86. The van der Waals surface area contributed by atoms with Crippen LogP contribution in [0, 0.1) is 13.8 Å². The number of aromatic nitrogens is 5. The van der Waals surface area contributed by atoms with Crippen LogP contribution >= 0.6 is 11.3 Å². The summed E-state index contributed by atoms with van der Waals surface area (Å²) in [4.78, 5) is 19.9. The average molecular weight is 529 g/mol. The molecule has 0 aliphatic heterocycles. The number of benzene rings is 2. The van der Waals surface area contributed by atoms with Gasteiger partial charge >= 0.3 is 0 Å². The fraction of sp³-hybridized carbons (Fsp3) is 0.310. The first-order valence-electron chi connectivity index (χ1n) is 12.7. The van der Waals surface area contributed by atoms with E-state index < -0.39 is 0 Å². The van der Waals surface area contributed by atoms with Gasteiger partial charge in [-0.15, -0.1) is 16.4 Å². The number of pyridine rings is 1. The van der Waals surface area contributed by atoms with Gasteiger partial charge in [0, 0.05) is 23.5 Å². The highest BCUT2D eigenvalue weighted by Gasteiger charge is 2.26. The Morgan fingerprint density at radius 3 is 2.63 bits per heavy atom. The summed E-state index contributed by atoms with van der Waals surface area (Å²) in [6, 6.07) is 18.3. The lowest BCUT2D eigenvalue weighted by atomic mass is 10.0. The number of aromatic amines is 1. The third-order valence-corrected chi connectivity index (χ3v) is 7.72. The summed E-state index contributed by atoms with van der Waals surface area (Å²) in [7, 11) is 1.66. The summed E-state index contributed by atoms with van der Waals surface area (Å²) in [6.45, 7) is 7.96. The van der Waals surface area contributed by atoms with Crippen LogP contribution < -0.4 is 10.3 Å². The summed E-state index contributed by atoms with van der Waals surface area (Å²) in [5.41, 5.74) is 4.89. The lowest BCUT2D eigenvalue weighted by molar-refractivity contribution is 0.163. The van der Waals surface area contributed by atoms with Crippen LogP contribution in [0.25, 0.3) is 10.9 Å². The van der Waals surface area contributed by atoms with Crippen LogP contribution in [0.3, 0.4) is 0 Å². The maximum absolute atomic E-state index is 13.2. The quantitative estimate of drug-likeness (QED) is 0.261. The van der Waals surface area contributed by atoms with Gasteiger partial charge in [-0.05, 0) is 82.9 Å². The predicted octanol–water partition coefficient (Wildman–Crippen LogP) is 5.40. The zero-order chi connectivity index (χ0) is 26.6. The first-order chi connectivity index (χ1) is 18.4. The second-order valence-corrected chi connectivity index (χ2v) is 10.7. The largest absolute Gasteiger partial charge is 0.497 e. The molecule has 0 saturated heterocycles. The lowest BCUT2D eigenvalue weighted by Crippen LogP contribution is -2.32. The van der Waals surface area contributed by atoms with Crippen molar-refractivity contribution in [2.45, 2.75) is 52.9 Å². The molecular weight excluding hydrogens is 496 g/mol. The number of fused-ring (bicyclic) bond motifs is 1. The fourth-order valence-electron chi connectivity index (χ4n) is 5.02. The van der Waals surface area contributed by atoms with E-state index in [4.69, 9.17) is 4.74 Å². The first-order valence-corrected chi connectivity index (χ1v) is 13.6.